The van der Waals surface area contributed by atoms with Crippen LogP contribution in [0.4, 0.5) is 0 Å². The molecule has 2 aromatic heterocycles. The molecule has 0 radical (unpaired) electrons. The average molecular weight is 353 g/mol. The highest BCUT2D eigenvalue weighted by molar-refractivity contribution is 5.94. The first kappa shape index (κ1) is 17.1. The fraction of sp³-hybridized carbons (Fsp3) is 0.450. The molecule has 2 fully saturated rings. The van der Waals surface area contributed by atoms with E-state index in [-0.39, 0.29) is 17.6 Å². The summed E-state index contributed by atoms with van der Waals surface area (Å²) in [5.41, 5.74) is 2.50. The second kappa shape index (κ2) is 7.13. The molecule has 1 amide bonds. The molecule has 2 saturated heterocycles. The molecule has 4 heterocycles. The van der Waals surface area contributed by atoms with Crippen LogP contribution in [0.5, 0.6) is 0 Å². The molecule has 0 N–H and O–H groups in total. The standard InChI is InChI=1S/C20H23N3O3/c1-15-8-17(11-22-10-15)19(24)23-13-20(14-23)9-18(4-7-26-20)25-12-16-2-5-21-6-3-16/h2-3,5-6,8,10-11,18H,4,7,9,12-14H2,1H3. The van der Waals surface area contributed by atoms with Gasteiger partial charge in [-0.3, -0.25) is 14.8 Å². The van der Waals surface area contributed by atoms with Gasteiger partial charge in [-0.05, 0) is 42.7 Å². The van der Waals surface area contributed by atoms with Crippen molar-refractivity contribution in [2.75, 3.05) is 19.7 Å². The predicted octanol–water partition coefficient (Wildman–Crippen LogP) is 2.38. The molecule has 6 nitrogen and oxygen atoms in total. The zero-order chi connectivity index (χ0) is 18.0. The number of carbonyl (C=O) groups is 1. The Hall–Kier alpha value is -2.31. The SMILES string of the molecule is Cc1cncc(C(=O)N2CC3(CC(OCc4ccncc4)CCO3)C2)c1. The minimum atomic E-state index is -0.256. The molecule has 1 unspecified atom stereocenters. The van der Waals surface area contributed by atoms with E-state index in [9.17, 15) is 4.79 Å². The van der Waals surface area contributed by atoms with Crippen LogP contribution in [0.25, 0.3) is 0 Å². The van der Waals surface area contributed by atoms with E-state index in [4.69, 9.17) is 9.47 Å². The van der Waals surface area contributed by atoms with Gasteiger partial charge < -0.3 is 14.4 Å². The normalized spacial score (nSPS) is 21.4. The second-order valence-corrected chi connectivity index (χ2v) is 7.22. The molecule has 0 aliphatic carbocycles. The number of rotatable bonds is 4. The summed E-state index contributed by atoms with van der Waals surface area (Å²) < 4.78 is 12.1. The Balaban J connectivity index is 1.32. The van der Waals surface area contributed by atoms with Gasteiger partial charge in [-0.15, -0.1) is 0 Å². The van der Waals surface area contributed by atoms with E-state index in [1.54, 1.807) is 24.8 Å². The van der Waals surface area contributed by atoms with Gasteiger partial charge >= 0.3 is 0 Å². The lowest BCUT2D eigenvalue weighted by molar-refractivity contribution is -0.188. The molecular weight excluding hydrogens is 330 g/mol. The van der Waals surface area contributed by atoms with Gasteiger partial charge in [0.2, 0.25) is 0 Å². The van der Waals surface area contributed by atoms with Crippen LogP contribution in [0.3, 0.4) is 0 Å². The van der Waals surface area contributed by atoms with E-state index in [0.717, 1.165) is 24.0 Å². The molecule has 4 rings (SSSR count). The fourth-order valence-corrected chi connectivity index (χ4v) is 3.69. The van der Waals surface area contributed by atoms with Crippen LogP contribution in [0.2, 0.25) is 0 Å². The number of ether oxygens (including phenoxy) is 2. The third-order valence-electron chi connectivity index (χ3n) is 5.05. The zero-order valence-electron chi connectivity index (χ0n) is 14.9. The Kier molecular flexibility index (Phi) is 4.70. The van der Waals surface area contributed by atoms with Crippen molar-refractivity contribution < 1.29 is 14.3 Å². The lowest BCUT2D eigenvalue weighted by Crippen LogP contribution is -2.67. The van der Waals surface area contributed by atoms with Crippen molar-refractivity contribution in [3.8, 4) is 0 Å². The van der Waals surface area contributed by atoms with Crippen molar-refractivity contribution in [1.82, 2.24) is 14.9 Å². The summed E-state index contributed by atoms with van der Waals surface area (Å²) in [4.78, 5) is 22.6. The van der Waals surface area contributed by atoms with Crippen LogP contribution >= 0.6 is 0 Å². The molecule has 1 spiro atoms. The van der Waals surface area contributed by atoms with Crippen molar-refractivity contribution in [2.24, 2.45) is 0 Å². The van der Waals surface area contributed by atoms with Crippen LogP contribution in [-0.2, 0) is 16.1 Å². The van der Waals surface area contributed by atoms with E-state index >= 15 is 0 Å². The Bertz CT molecular complexity index is 775. The van der Waals surface area contributed by atoms with Crippen molar-refractivity contribution in [2.45, 2.75) is 38.1 Å². The summed E-state index contributed by atoms with van der Waals surface area (Å²) in [6, 6.07) is 5.81. The zero-order valence-corrected chi connectivity index (χ0v) is 14.9. The largest absolute Gasteiger partial charge is 0.373 e. The second-order valence-electron chi connectivity index (χ2n) is 7.22. The van der Waals surface area contributed by atoms with Gasteiger partial charge in [-0.1, -0.05) is 0 Å². The highest BCUT2D eigenvalue weighted by atomic mass is 16.5. The van der Waals surface area contributed by atoms with Crippen molar-refractivity contribution >= 4 is 5.91 Å². The lowest BCUT2D eigenvalue weighted by Gasteiger charge is -2.53. The van der Waals surface area contributed by atoms with Gasteiger partial charge in [-0.25, -0.2) is 0 Å². The number of aryl methyl sites for hydroxylation is 1. The Labute approximate surface area is 153 Å². The molecule has 26 heavy (non-hydrogen) atoms. The summed E-state index contributed by atoms with van der Waals surface area (Å²) in [6.07, 6.45) is 8.82. The van der Waals surface area contributed by atoms with E-state index in [2.05, 4.69) is 9.97 Å². The molecule has 0 bridgehead atoms. The third kappa shape index (κ3) is 3.61. The van der Waals surface area contributed by atoms with Crippen LogP contribution in [0, 0.1) is 6.92 Å². The summed E-state index contributed by atoms with van der Waals surface area (Å²) in [6.45, 7) is 4.44. The first-order valence-corrected chi connectivity index (χ1v) is 8.99. The molecule has 0 aromatic carbocycles. The van der Waals surface area contributed by atoms with Crippen molar-refractivity contribution in [3.63, 3.8) is 0 Å². The van der Waals surface area contributed by atoms with E-state index in [1.807, 2.05) is 30.0 Å². The van der Waals surface area contributed by atoms with Gasteiger partial charge in [0.15, 0.2) is 0 Å². The van der Waals surface area contributed by atoms with E-state index in [0.29, 0.717) is 31.9 Å². The monoisotopic (exact) mass is 353 g/mol. The molecule has 0 saturated carbocycles. The minimum absolute atomic E-state index is 0.0234. The quantitative estimate of drug-likeness (QED) is 0.844. The predicted molar refractivity (Wildman–Crippen MR) is 95.6 cm³/mol. The number of likely N-dealkylation sites (tertiary alicyclic amines) is 1. The van der Waals surface area contributed by atoms with Gasteiger partial charge in [-0.2, -0.15) is 0 Å². The maximum absolute atomic E-state index is 12.6. The number of carbonyl (C=O) groups excluding carboxylic acids is 1. The summed E-state index contributed by atoms with van der Waals surface area (Å²) >= 11 is 0. The topological polar surface area (TPSA) is 64.6 Å². The van der Waals surface area contributed by atoms with Crippen LogP contribution in [0.15, 0.2) is 43.0 Å². The van der Waals surface area contributed by atoms with Gasteiger partial charge in [0.25, 0.3) is 5.91 Å². The number of hydrogen-bond donors (Lipinski definition) is 0. The molecular formula is C20H23N3O3. The number of amides is 1. The maximum Gasteiger partial charge on any atom is 0.255 e. The maximum atomic E-state index is 12.6. The first-order valence-electron chi connectivity index (χ1n) is 8.99. The Morgan fingerprint density at radius 1 is 1.31 bits per heavy atom. The Morgan fingerprint density at radius 2 is 2.12 bits per heavy atom. The van der Waals surface area contributed by atoms with E-state index in [1.165, 1.54) is 0 Å². The number of nitrogens with zero attached hydrogens (tertiary/aromatic N) is 3. The average Bonchev–Trinajstić information content (AvgIpc) is 2.65. The molecule has 6 heteroatoms. The number of aromatic nitrogens is 2. The van der Waals surface area contributed by atoms with E-state index < -0.39 is 0 Å². The van der Waals surface area contributed by atoms with Crippen molar-refractivity contribution in [3.05, 3.63) is 59.7 Å². The van der Waals surface area contributed by atoms with Gasteiger partial charge in [0.1, 0.15) is 5.60 Å². The van der Waals surface area contributed by atoms with Gasteiger partial charge in [0.05, 0.1) is 31.4 Å². The summed E-state index contributed by atoms with van der Waals surface area (Å²) in [5.74, 6) is 0.0234. The van der Waals surface area contributed by atoms with Crippen LogP contribution in [-0.4, -0.2) is 52.2 Å². The lowest BCUT2D eigenvalue weighted by atomic mass is 9.84. The number of pyridine rings is 2. The van der Waals surface area contributed by atoms with Gasteiger partial charge in [0, 0.05) is 37.8 Å². The summed E-state index contributed by atoms with van der Waals surface area (Å²) in [5, 5.41) is 0. The highest BCUT2D eigenvalue weighted by Crippen LogP contribution is 2.36. The summed E-state index contributed by atoms with van der Waals surface area (Å²) in [7, 11) is 0. The molecule has 1 atom stereocenters. The third-order valence-corrected chi connectivity index (χ3v) is 5.05. The molecule has 2 aromatic rings. The fourth-order valence-electron chi connectivity index (χ4n) is 3.69. The minimum Gasteiger partial charge on any atom is -0.373 e. The first-order chi connectivity index (χ1) is 12.6. The van der Waals surface area contributed by atoms with Crippen molar-refractivity contribution in [1.29, 1.82) is 0 Å². The van der Waals surface area contributed by atoms with Crippen LogP contribution in [0.1, 0.15) is 34.3 Å². The molecule has 2 aliphatic heterocycles. The smallest absolute Gasteiger partial charge is 0.255 e. The molecule has 136 valence electrons. The van der Waals surface area contributed by atoms with Crippen LogP contribution < -0.4 is 0 Å². The number of hydrogen-bond acceptors (Lipinski definition) is 5. The molecule has 2 aliphatic rings. The highest BCUT2D eigenvalue weighted by Gasteiger charge is 2.49. The Morgan fingerprint density at radius 3 is 2.88 bits per heavy atom.